The van der Waals surface area contributed by atoms with Gasteiger partial charge in [0.1, 0.15) is 58.6 Å². The second kappa shape index (κ2) is 32.9. The number of nitrogens with zero attached hydrogens (tertiary/aromatic N) is 4. The molecule has 4 heterocycles. The Morgan fingerprint density at radius 3 is 1.99 bits per heavy atom. The van der Waals surface area contributed by atoms with Gasteiger partial charge in [0.15, 0.2) is 11.5 Å². The van der Waals surface area contributed by atoms with Gasteiger partial charge in [-0.3, -0.25) is 33.6 Å². The van der Waals surface area contributed by atoms with E-state index < -0.39 is 152 Å². The lowest BCUT2D eigenvalue weighted by Crippen LogP contribution is -2.64. The van der Waals surface area contributed by atoms with E-state index in [2.05, 4.69) is 36.8 Å². The molecule has 0 radical (unpaired) electrons. The highest BCUT2D eigenvalue weighted by molar-refractivity contribution is 7.17. The van der Waals surface area contributed by atoms with Crippen LogP contribution in [0.1, 0.15) is 81.1 Å². The second-order valence-electron chi connectivity index (χ2n) is 22.6. The molecule has 16 N–H and O–H groups in total. The number of phenols is 1. The number of rotatable bonds is 23. The maximum atomic E-state index is 14.7. The van der Waals surface area contributed by atoms with Crippen molar-refractivity contribution >= 4 is 52.7 Å². The Labute approximate surface area is 518 Å². The van der Waals surface area contributed by atoms with Crippen LogP contribution >= 0.6 is 11.3 Å². The van der Waals surface area contributed by atoms with Gasteiger partial charge in [-0.2, -0.15) is 0 Å². The predicted molar refractivity (Wildman–Crippen MR) is 322 cm³/mol. The molecule has 0 spiro atoms. The molecule has 3 fully saturated rings. The van der Waals surface area contributed by atoms with E-state index in [9.17, 15) is 69.3 Å². The van der Waals surface area contributed by atoms with Crippen molar-refractivity contribution in [2.45, 2.75) is 145 Å². The standard InChI is InChI=1S/C60H83N11O17S/c1-32-30-71-50(51(32)78)56(83)63-29-38(73)27-41(64-52(79)35-10-12-36(13-11-35)57-68-69-58(89-57)37-14-16-40(17-15-37)87-23-8-6-4-5-7-22-86-3)53(80)65-47(33(2)72)59(84)70-31-39(74)28-42(70)54(81)66-48(55(82)67-49(60(71)85)44(76)19-20-61)45(77)25-34-9-18-43(75)46(26-34)88-24-21-62/h9-18,26,32-33,38-39,41-42,44-45,47-51,72-78H,4-8,19-25,27-31,61-62H2,1-3H3,(H,63,83)(H,64,79)(H,65,80)(H,66,81)(H,67,82)/t32-,33+,38+,39+,41?,42-,44+,45+,47-,48-,49-,50-,51-/m0/s1. The first kappa shape index (κ1) is 69.0. The Morgan fingerprint density at radius 2 is 1.34 bits per heavy atom. The first-order chi connectivity index (χ1) is 42.6. The number of aliphatic hydroxyl groups excluding tert-OH is 6. The number of aromatic hydroxyl groups is 1. The summed E-state index contributed by atoms with van der Waals surface area (Å²) < 4.78 is 16.5. The molecule has 486 valence electrons. The van der Waals surface area contributed by atoms with Crippen LogP contribution < -0.4 is 47.5 Å². The third-order valence-electron chi connectivity index (χ3n) is 15.7. The SMILES string of the molecule is COCCCCCCCOc1ccc(-c2nnc(-c3ccc(C(=O)NC4C[C@@H](O)CNC(=O)[C@@H]5[C@@H](O)[C@@H](C)CN5C(=O)[C@H]([C@H](O)CCN)NC(=O)[C@H]([C@H](O)Cc5ccc(O)c(OCCN)c5)NC(=O)[C@@H]5C[C@@H](O)CN5C(=O)[C@H]([C@@H](C)O)NC4=O)cc3)s2)cc1. The lowest BCUT2D eigenvalue weighted by Gasteiger charge is -2.34. The van der Waals surface area contributed by atoms with E-state index in [1.165, 1.54) is 48.6 Å². The number of nitrogens with two attached hydrogens (primary N) is 2. The van der Waals surface area contributed by atoms with Crippen LogP contribution in [0, 0.1) is 5.92 Å². The van der Waals surface area contributed by atoms with E-state index in [1.807, 2.05) is 24.3 Å². The molecule has 29 heteroatoms. The Kier molecular flexibility index (Phi) is 25.5. The lowest BCUT2D eigenvalue weighted by atomic mass is 9.98. The van der Waals surface area contributed by atoms with Crippen molar-refractivity contribution in [1.29, 1.82) is 0 Å². The summed E-state index contributed by atoms with van der Waals surface area (Å²) in [7, 11) is 1.70. The zero-order valence-corrected chi connectivity index (χ0v) is 50.8. The first-order valence-corrected chi connectivity index (χ1v) is 30.6. The molecule has 3 aliphatic heterocycles. The number of unbranched alkanes of at least 4 members (excludes halogenated alkanes) is 4. The minimum absolute atomic E-state index is 0.00574. The minimum Gasteiger partial charge on any atom is -0.504 e. The molecule has 7 amide bonds. The number of carbonyl (C=O) groups excluding carboxylic acids is 7. The number of amides is 7. The molecule has 1 unspecified atom stereocenters. The summed E-state index contributed by atoms with van der Waals surface area (Å²) in [4.78, 5) is 103. The maximum absolute atomic E-state index is 14.7. The van der Waals surface area contributed by atoms with Gasteiger partial charge in [0.2, 0.25) is 35.4 Å². The molecule has 89 heavy (non-hydrogen) atoms. The molecular weight excluding hydrogens is 1180 g/mol. The van der Waals surface area contributed by atoms with Crippen LogP contribution in [0.5, 0.6) is 17.2 Å². The number of aliphatic hydroxyl groups is 6. The molecule has 4 aromatic rings. The number of hydrogen-bond donors (Lipinski definition) is 14. The highest BCUT2D eigenvalue weighted by Crippen LogP contribution is 2.33. The molecule has 0 aliphatic carbocycles. The van der Waals surface area contributed by atoms with Crippen LogP contribution in [-0.4, -0.2) is 230 Å². The van der Waals surface area contributed by atoms with Crippen LogP contribution in [-0.2, 0) is 39.9 Å². The van der Waals surface area contributed by atoms with E-state index in [4.69, 9.17) is 25.7 Å². The van der Waals surface area contributed by atoms with Crippen molar-refractivity contribution < 1.29 is 83.5 Å². The molecule has 28 nitrogen and oxygen atoms in total. The molecule has 3 aromatic carbocycles. The monoisotopic (exact) mass is 1260 g/mol. The lowest BCUT2D eigenvalue weighted by molar-refractivity contribution is -0.147. The van der Waals surface area contributed by atoms with Crippen molar-refractivity contribution in [2.75, 3.05) is 59.7 Å². The highest BCUT2D eigenvalue weighted by atomic mass is 32.1. The number of methoxy groups -OCH3 is 1. The van der Waals surface area contributed by atoms with Crippen molar-refractivity contribution in [3.8, 4) is 38.4 Å². The quantitative estimate of drug-likeness (QED) is 0.0364. The predicted octanol–water partition coefficient (Wildman–Crippen LogP) is -1.81. The first-order valence-electron chi connectivity index (χ1n) is 29.8. The largest absolute Gasteiger partial charge is 0.504 e. The average molecular weight is 1260 g/mol. The Hall–Kier alpha value is -7.45. The van der Waals surface area contributed by atoms with Crippen molar-refractivity contribution in [1.82, 2.24) is 46.6 Å². The topological polar surface area (TPSA) is 433 Å². The third kappa shape index (κ3) is 18.4. The Balaban J connectivity index is 1.14. The van der Waals surface area contributed by atoms with Gasteiger partial charge in [-0.1, -0.05) is 55.7 Å². The van der Waals surface area contributed by atoms with Gasteiger partial charge < -0.3 is 97.8 Å². The Morgan fingerprint density at radius 1 is 0.708 bits per heavy atom. The van der Waals surface area contributed by atoms with Crippen LogP contribution in [0.25, 0.3) is 21.1 Å². The third-order valence-corrected chi connectivity index (χ3v) is 16.8. The number of benzene rings is 3. The van der Waals surface area contributed by atoms with E-state index in [0.717, 1.165) is 66.7 Å². The van der Waals surface area contributed by atoms with Crippen LogP contribution in [0.2, 0.25) is 0 Å². The van der Waals surface area contributed by atoms with Crippen molar-refractivity contribution in [2.24, 2.45) is 17.4 Å². The summed E-state index contributed by atoms with van der Waals surface area (Å²) in [5, 5.41) is 101. The van der Waals surface area contributed by atoms with Gasteiger partial charge in [0.05, 0.1) is 43.2 Å². The van der Waals surface area contributed by atoms with Crippen LogP contribution in [0.15, 0.2) is 66.7 Å². The number of aromatic nitrogens is 2. The van der Waals surface area contributed by atoms with Crippen molar-refractivity contribution in [3.05, 3.63) is 77.9 Å². The molecule has 1 aromatic heterocycles. The van der Waals surface area contributed by atoms with Gasteiger partial charge in [0.25, 0.3) is 5.91 Å². The number of fused-ring (bicyclic) bond motifs is 2. The smallest absolute Gasteiger partial charge is 0.251 e. The number of hydrogen-bond acceptors (Lipinski definition) is 22. The fourth-order valence-electron chi connectivity index (χ4n) is 10.8. The number of β-amino-alcohol motifs (C(OH)–C–C–N with tert-alkyl or cyclic N) is 1. The molecular formula is C60H83N11O17S. The molecule has 3 aliphatic rings. The van der Waals surface area contributed by atoms with E-state index >= 15 is 0 Å². The zero-order valence-electron chi connectivity index (χ0n) is 49.9. The maximum Gasteiger partial charge on any atom is 0.251 e. The van der Waals surface area contributed by atoms with E-state index in [1.54, 1.807) is 19.2 Å². The normalized spacial score (nSPS) is 25.1. The number of carbonyl (C=O) groups is 7. The summed E-state index contributed by atoms with van der Waals surface area (Å²) in [6.07, 6.45) is -6.60. The summed E-state index contributed by atoms with van der Waals surface area (Å²) in [5.41, 5.74) is 13.1. The molecule has 7 rings (SSSR count). The Bertz CT molecular complexity index is 3030. The number of ether oxygens (including phenoxy) is 3. The van der Waals surface area contributed by atoms with Gasteiger partial charge >= 0.3 is 0 Å². The van der Waals surface area contributed by atoms with E-state index in [-0.39, 0.29) is 55.3 Å². The fraction of sp³-hybridized carbons (Fsp3) is 0.550. The highest BCUT2D eigenvalue weighted by Gasteiger charge is 2.50. The second-order valence-corrected chi connectivity index (χ2v) is 23.6. The van der Waals surface area contributed by atoms with Gasteiger partial charge in [0, 0.05) is 81.8 Å². The minimum atomic E-state index is -2.04. The molecule has 3 saturated heterocycles. The average Bonchev–Trinajstić information content (AvgIpc) is 1.79. The fourth-order valence-corrected chi connectivity index (χ4v) is 11.7. The van der Waals surface area contributed by atoms with E-state index in [0.29, 0.717) is 22.2 Å². The van der Waals surface area contributed by atoms with Gasteiger partial charge in [-0.25, -0.2) is 0 Å². The summed E-state index contributed by atoms with van der Waals surface area (Å²) in [6.45, 7) is 2.42. The zero-order chi connectivity index (χ0) is 64.5. The summed E-state index contributed by atoms with van der Waals surface area (Å²) in [6, 6.07) is 6.67. The molecule has 0 saturated carbocycles. The molecule has 13 atom stereocenters. The number of phenolic OH excluding ortho intramolecular Hbond substituents is 1. The summed E-state index contributed by atoms with van der Waals surface area (Å²) >= 11 is 1.31. The van der Waals surface area contributed by atoms with Crippen LogP contribution in [0.3, 0.4) is 0 Å². The molecule has 0 bridgehead atoms. The van der Waals surface area contributed by atoms with Gasteiger partial charge in [-0.15, -0.1) is 10.2 Å². The summed E-state index contributed by atoms with van der Waals surface area (Å²) in [5.74, 6) is -7.94. The van der Waals surface area contributed by atoms with Gasteiger partial charge in [-0.05, 0) is 86.8 Å². The van der Waals surface area contributed by atoms with Crippen LogP contribution in [0.4, 0.5) is 0 Å². The number of nitrogens with one attached hydrogen (secondary N) is 5. The van der Waals surface area contributed by atoms with Crippen molar-refractivity contribution in [3.63, 3.8) is 0 Å².